The van der Waals surface area contributed by atoms with Gasteiger partial charge in [0.25, 0.3) is 5.91 Å². The van der Waals surface area contributed by atoms with E-state index in [1.54, 1.807) is 24.3 Å². The van der Waals surface area contributed by atoms with Crippen LogP contribution in [-0.4, -0.2) is 49.1 Å². The van der Waals surface area contributed by atoms with Gasteiger partial charge in [0.2, 0.25) is 0 Å². The lowest BCUT2D eigenvalue weighted by atomic mass is 9.75. The fourth-order valence-electron chi connectivity index (χ4n) is 5.66. The van der Waals surface area contributed by atoms with Crippen molar-refractivity contribution in [1.82, 2.24) is 10.2 Å². The molecule has 5 nitrogen and oxygen atoms in total. The Bertz CT molecular complexity index is 1320. The molecule has 3 aromatic rings. The summed E-state index contributed by atoms with van der Waals surface area (Å²) in [6.45, 7) is 6.72. The molecule has 1 amide bonds. The molecule has 1 unspecified atom stereocenters. The van der Waals surface area contributed by atoms with E-state index in [9.17, 15) is 22.8 Å². The van der Waals surface area contributed by atoms with E-state index in [-0.39, 0.29) is 17.9 Å². The van der Waals surface area contributed by atoms with Gasteiger partial charge >= 0.3 is 12.1 Å². The van der Waals surface area contributed by atoms with Crippen LogP contribution in [0.5, 0.6) is 0 Å². The predicted molar refractivity (Wildman–Crippen MR) is 158 cm³/mol. The lowest BCUT2D eigenvalue weighted by Gasteiger charge is -2.36. The van der Waals surface area contributed by atoms with Crippen molar-refractivity contribution >= 4 is 11.9 Å². The van der Waals surface area contributed by atoms with Gasteiger partial charge in [0.05, 0.1) is 17.6 Å². The van der Waals surface area contributed by atoms with Gasteiger partial charge in [-0.05, 0) is 73.5 Å². The van der Waals surface area contributed by atoms with E-state index in [2.05, 4.69) is 10.2 Å². The minimum absolute atomic E-state index is 0.0195. The smallest absolute Gasteiger partial charge is 0.416 e. The highest BCUT2D eigenvalue weighted by atomic mass is 19.4. The second-order valence-electron chi connectivity index (χ2n) is 10.9. The van der Waals surface area contributed by atoms with Crippen LogP contribution in [0.25, 0.3) is 11.1 Å². The summed E-state index contributed by atoms with van der Waals surface area (Å²) in [6, 6.07) is 21.7. The predicted octanol–water partition coefficient (Wildman–Crippen LogP) is 7.26. The second kappa shape index (κ2) is 14.0. The summed E-state index contributed by atoms with van der Waals surface area (Å²) >= 11 is 0. The maximum absolute atomic E-state index is 13.3. The number of piperidine rings is 1. The molecule has 1 fully saturated rings. The zero-order valence-electron chi connectivity index (χ0n) is 24.3. The summed E-state index contributed by atoms with van der Waals surface area (Å²) in [7, 11) is 0. The van der Waals surface area contributed by atoms with Crippen molar-refractivity contribution in [3.8, 4) is 11.1 Å². The summed E-state index contributed by atoms with van der Waals surface area (Å²) in [4.78, 5) is 28.9. The molecule has 1 heterocycles. The zero-order valence-corrected chi connectivity index (χ0v) is 24.3. The Morgan fingerprint density at radius 2 is 1.52 bits per heavy atom. The summed E-state index contributed by atoms with van der Waals surface area (Å²) < 4.78 is 44.7. The standard InChI is InChI=1S/C34H39F3N2O3/c1-3-24-42-32(41)33(4-2,26-10-6-5-7-11-26)20-23-39-21-18-28(19-22-39)38-31(40)30-13-9-8-12-29(30)25-14-16-27(17-15-25)34(35,36)37/h5-17,28H,3-4,18-24H2,1-2H3,(H,38,40). The molecule has 0 radical (unpaired) electrons. The van der Waals surface area contributed by atoms with E-state index >= 15 is 0 Å². The molecular formula is C34H39F3N2O3. The molecule has 4 rings (SSSR count). The van der Waals surface area contributed by atoms with E-state index in [4.69, 9.17) is 4.74 Å². The van der Waals surface area contributed by atoms with Crippen LogP contribution in [0.4, 0.5) is 13.2 Å². The molecule has 1 aliphatic rings. The number of alkyl halides is 3. The monoisotopic (exact) mass is 580 g/mol. The molecule has 224 valence electrons. The maximum Gasteiger partial charge on any atom is 0.416 e. The summed E-state index contributed by atoms with van der Waals surface area (Å²) in [5.74, 6) is -0.413. The first-order chi connectivity index (χ1) is 20.2. The zero-order chi connectivity index (χ0) is 30.2. The highest BCUT2D eigenvalue weighted by Gasteiger charge is 2.40. The molecule has 1 N–H and O–H groups in total. The number of rotatable bonds is 11. The normalized spacial score (nSPS) is 16.0. The Morgan fingerprint density at radius 3 is 2.14 bits per heavy atom. The molecule has 0 aromatic heterocycles. The average Bonchev–Trinajstić information content (AvgIpc) is 3.01. The Labute approximate surface area is 246 Å². The molecule has 0 spiro atoms. The van der Waals surface area contributed by atoms with Gasteiger partial charge in [0.1, 0.15) is 0 Å². The first kappa shape index (κ1) is 31.3. The van der Waals surface area contributed by atoms with Crippen molar-refractivity contribution in [2.24, 2.45) is 0 Å². The van der Waals surface area contributed by atoms with Crippen LogP contribution >= 0.6 is 0 Å². The fourth-order valence-corrected chi connectivity index (χ4v) is 5.66. The third kappa shape index (κ3) is 7.40. The van der Waals surface area contributed by atoms with Gasteiger partial charge in [-0.2, -0.15) is 13.2 Å². The topological polar surface area (TPSA) is 58.6 Å². The average molecular weight is 581 g/mol. The number of carbonyl (C=O) groups excluding carboxylic acids is 2. The lowest BCUT2D eigenvalue weighted by Crippen LogP contribution is -2.47. The number of hydrogen-bond acceptors (Lipinski definition) is 4. The van der Waals surface area contributed by atoms with E-state index < -0.39 is 17.2 Å². The SMILES string of the molecule is CCCOC(=O)C(CC)(CCN1CCC(NC(=O)c2ccccc2-c2ccc(C(F)(F)F)cc2)CC1)c1ccccc1. The quantitative estimate of drug-likeness (QED) is 0.243. The van der Waals surface area contributed by atoms with Gasteiger partial charge in [-0.25, -0.2) is 0 Å². The molecule has 0 aliphatic carbocycles. The van der Waals surface area contributed by atoms with Gasteiger partial charge in [0.15, 0.2) is 0 Å². The lowest BCUT2D eigenvalue weighted by molar-refractivity contribution is -0.151. The van der Waals surface area contributed by atoms with Crippen LogP contribution in [0.15, 0.2) is 78.9 Å². The summed E-state index contributed by atoms with van der Waals surface area (Å²) in [5.41, 5.74) is 1.12. The highest BCUT2D eigenvalue weighted by Crippen LogP contribution is 2.35. The van der Waals surface area contributed by atoms with Gasteiger partial charge in [0, 0.05) is 24.7 Å². The first-order valence-electron chi connectivity index (χ1n) is 14.7. The number of carbonyl (C=O) groups is 2. The number of nitrogens with one attached hydrogen (secondary N) is 1. The number of amides is 1. The Balaban J connectivity index is 1.37. The fraction of sp³-hybridized carbons (Fsp3) is 0.412. The molecule has 1 saturated heterocycles. The minimum atomic E-state index is -4.41. The van der Waals surface area contributed by atoms with E-state index in [1.807, 2.05) is 44.2 Å². The van der Waals surface area contributed by atoms with Crippen molar-refractivity contribution in [3.05, 3.63) is 95.6 Å². The highest BCUT2D eigenvalue weighted by molar-refractivity contribution is 6.01. The Kier molecular flexibility index (Phi) is 10.4. The van der Waals surface area contributed by atoms with Gasteiger partial charge < -0.3 is 15.0 Å². The van der Waals surface area contributed by atoms with Gasteiger partial charge in [-0.15, -0.1) is 0 Å². The van der Waals surface area contributed by atoms with Gasteiger partial charge in [-0.3, -0.25) is 9.59 Å². The number of benzene rings is 3. The van der Waals surface area contributed by atoms with Gasteiger partial charge in [-0.1, -0.05) is 74.5 Å². The van der Waals surface area contributed by atoms with Crippen molar-refractivity contribution in [2.45, 2.75) is 63.6 Å². The number of nitrogens with zero attached hydrogens (tertiary/aromatic N) is 1. The van der Waals surface area contributed by atoms with Crippen molar-refractivity contribution in [3.63, 3.8) is 0 Å². The Morgan fingerprint density at radius 1 is 0.881 bits per heavy atom. The number of halogens is 3. The molecule has 1 aliphatic heterocycles. The second-order valence-corrected chi connectivity index (χ2v) is 10.9. The van der Waals surface area contributed by atoms with Crippen LogP contribution in [-0.2, 0) is 21.1 Å². The minimum Gasteiger partial charge on any atom is -0.465 e. The largest absolute Gasteiger partial charge is 0.465 e. The summed E-state index contributed by atoms with van der Waals surface area (Å²) in [5, 5.41) is 3.13. The van der Waals surface area contributed by atoms with Crippen LogP contribution in [0.3, 0.4) is 0 Å². The molecule has 0 bridgehead atoms. The molecule has 1 atom stereocenters. The van der Waals surface area contributed by atoms with Crippen molar-refractivity contribution in [1.29, 1.82) is 0 Å². The van der Waals surface area contributed by atoms with Crippen molar-refractivity contribution < 1.29 is 27.5 Å². The Hall–Kier alpha value is -3.65. The number of hydrogen-bond donors (Lipinski definition) is 1. The summed E-state index contributed by atoms with van der Waals surface area (Å²) in [6.07, 6.45) is -0.827. The molecule has 42 heavy (non-hydrogen) atoms. The third-order valence-corrected chi connectivity index (χ3v) is 8.23. The van der Waals surface area contributed by atoms with Crippen LogP contribution in [0, 0.1) is 0 Å². The van der Waals surface area contributed by atoms with Crippen LogP contribution < -0.4 is 5.32 Å². The number of esters is 1. The molecule has 8 heteroatoms. The van der Waals surface area contributed by atoms with Crippen LogP contribution in [0.2, 0.25) is 0 Å². The van der Waals surface area contributed by atoms with E-state index in [1.165, 1.54) is 12.1 Å². The molecule has 0 saturated carbocycles. The first-order valence-corrected chi connectivity index (χ1v) is 14.7. The third-order valence-electron chi connectivity index (χ3n) is 8.23. The van der Waals surface area contributed by atoms with Crippen molar-refractivity contribution in [2.75, 3.05) is 26.2 Å². The maximum atomic E-state index is 13.3. The molecular weight excluding hydrogens is 541 g/mol. The van der Waals surface area contributed by atoms with Crippen LogP contribution in [0.1, 0.15) is 67.4 Å². The number of ether oxygens (including phenoxy) is 1. The molecule has 3 aromatic carbocycles. The number of likely N-dealkylation sites (tertiary alicyclic amines) is 1. The van der Waals surface area contributed by atoms with E-state index in [0.29, 0.717) is 36.1 Å². The van der Waals surface area contributed by atoms with E-state index in [0.717, 1.165) is 56.6 Å².